The maximum absolute atomic E-state index is 14.2. The van der Waals surface area contributed by atoms with Crippen molar-refractivity contribution >= 4 is 22.5 Å². The summed E-state index contributed by atoms with van der Waals surface area (Å²) in [6.07, 6.45) is 2.15. The van der Waals surface area contributed by atoms with Crippen molar-refractivity contribution in [2.75, 3.05) is 71.5 Å². The molecule has 278 valence electrons. The first-order valence-corrected chi connectivity index (χ1v) is 17.7. The molecule has 12 heteroatoms. The monoisotopic (exact) mass is 788 g/mol. The number of nitrogens with zero attached hydrogens (tertiary/aromatic N) is 4. The largest absolute Gasteiger partial charge is 1.00 e. The number of fused-ring (bicyclic) bond motifs is 4. The van der Waals surface area contributed by atoms with Crippen molar-refractivity contribution < 1.29 is 49.3 Å². The normalized spacial score (nSPS) is 17.6. The molecule has 9 nitrogen and oxygen atoms in total. The van der Waals surface area contributed by atoms with Crippen LogP contribution in [0, 0.1) is 11.6 Å². The number of anilines is 1. The molecule has 5 aromatic rings. The molecule has 0 radical (unpaired) electrons. The van der Waals surface area contributed by atoms with Crippen molar-refractivity contribution in [2.45, 2.75) is 19.9 Å². The highest BCUT2D eigenvalue weighted by Crippen LogP contribution is 2.30. The second-order valence-electron chi connectivity index (χ2n) is 13.6. The van der Waals surface area contributed by atoms with Gasteiger partial charge in [0.05, 0.1) is 51.7 Å². The van der Waals surface area contributed by atoms with E-state index in [9.17, 15) is 18.4 Å². The summed E-state index contributed by atoms with van der Waals surface area (Å²) < 4.78 is 48.5. The zero-order valence-electron chi connectivity index (χ0n) is 30.1. The highest BCUT2D eigenvalue weighted by molar-refractivity contribution is 6.07. The van der Waals surface area contributed by atoms with E-state index in [1.165, 1.54) is 80.2 Å². The summed E-state index contributed by atoms with van der Waals surface area (Å²) in [6, 6.07) is 22.1. The molecule has 0 aliphatic carbocycles. The van der Waals surface area contributed by atoms with Gasteiger partial charge in [0, 0.05) is 85.8 Å². The molecule has 3 fully saturated rings. The lowest BCUT2D eigenvalue weighted by atomic mass is 10.1. The maximum atomic E-state index is 14.2. The summed E-state index contributed by atoms with van der Waals surface area (Å²) in [5, 5.41) is 0.263. The van der Waals surface area contributed by atoms with Crippen LogP contribution < -0.4 is 41.5 Å². The molecule has 4 aromatic carbocycles. The van der Waals surface area contributed by atoms with E-state index in [4.69, 9.17) is 14.2 Å². The average Bonchev–Trinajstić information content (AvgIpc) is 3.16. The Bertz CT molecular complexity index is 2110. The fourth-order valence-corrected chi connectivity index (χ4v) is 7.43. The molecule has 2 bridgehead atoms. The topological polar surface area (TPSA) is 73.2 Å². The van der Waals surface area contributed by atoms with E-state index >= 15 is 0 Å². The zero-order valence-corrected chi connectivity index (χ0v) is 31.7. The minimum atomic E-state index is -0.829. The van der Waals surface area contributed by atoms with Crippen LogP contribution in [0.1, 0.15) is 28.4 Å². The molecule has 0 N–H and O–H groups in total. The van der Waals surface area contributed by atoms with Gasteiger partial charge in [-0.05, 0) is 36.8 Å². The fourth-order valence-electron chi connectivity index (χ4n) is 7.43. The first-order valence-electron chi connectivity index (χ1n) is 17.7. The van der Waals surface area contributed by atoms with Crippen molar-refractivity contribution in [1.29, 1.82) is 0 Å². The number of methoxy groups -OCH3 is 2. The van der Waals surface area contributed by atoms with Crippen LogP contribution in [-0.4, -0.2) is 86.5 Å². The Labute approximate surface area is 318 Å². The van der Waals surface area contributed by atoms with E-state index in [1.807, 2.05) is 0 Å². The van der Waals surface area contributed by atoms with E-state index in [0.717, 1.165) is 24.7 Å². The summed E-state index contributed by atoms with van der Waals surface area (Å²) in [6.45, 7) is 10.5. The highest BCUT2D eigenvalue weighted by Gasteiger charge is 2.38. The van der Waals surface area contributed by atoms with E-state index < -0.39 is 23.0 Å². The standard InChI is InChI=1S/C41H43F2N4O5.BrH/c1-4-45(32-20-30(42)19-31(43)21-32)41(49)38-26-46(33-22-35(50-2)24-36(23-33)51-3)39-25-34(9-10-37(39)40(38)48)52-18-11-28-5-7-29(8-6-28)27-47-15-12-44(13-16-47)14-17-47;/h5-10,19-26H,4,11-18,27H2,1-3H3;1H/q+1;/p-1. The van der Waals surface area contributed by atoms with Gasteiger partial charge in [0.1, 0.15) is 41.0 Å². The molecule has 3 aliphatic heterocycles. The molecule has 1 amide bonds. The second kappa shape index (κ2) is 16.1. The van der Waals surface area contributed by atoms with Crippen molar-refractivity contribution in [2.24, 2.45) is 0 Å². The van der Waals surface area contributed by atoms with Crippen LogP contribution in [0.25, 0.3) is 16.6 Å². The molecule has 53 heavy (non-hydrogen) atoms. The van der Waals surface area contributed by atoms with Gasteiger partial charge >= 0.3 is 0 Å². The van der Waals surface area contributed by atoms with E-state index in [2.05, 4.69) is 29.2 Å². The van der Waals surface area contributed by atoms with Crippen LogP contribution in [0.2, 0.25) is 0 Å². The average molecular weight is 790 g/mol. The van der Waals surface area contributed by atoms with Crippen LogP contribution >= 0.6 is 0 Å². The second-order valence-corrected chi connectivity index (χ2v) is 13.6. The molecule has 3 aliphatic rings. The van der Waals surface area contributed by atoms with Crippen molar-refractivity contribution in [3.05, 3.63) is 124 Å². The summed E-state index contributed by atoms with van der Waals surface area (Å²) in [5.41, 5.74) is 2.90. The number of quaternary nitrogens is 1. The lowest BCUT2D eigenvalue weighted by Crippen LogP contribution is -3.00. The fraction of sp³-hybridized carbons (Fsp3) is 0.317. The smallest absolute Gasteiger partial charge is 0.263 e. The van der Waals surface area contributed by atoms with E-state index in [0.29, 0.717) is 41.5 Å². The minimum absolute atomic E-state index is 0. The van der Waals surface area contributed by atoms with Gasteiger partial charge in [-0.1, -0.05) is 24.3 Å². The summed E-state index contributed by atoms with van der Waals surface area (Å²) in [7, 11) is 3.07. The predicted molar refractivity (Wildman–Crippen MR) is 197 cm³/mol. The third kappa shape index (κ3) is 8.09. The first-order chi connectivity index (χ1) is 25.2. The molecule has 8 rings (SSSR count). The van der Waals surface area contributed by atoms with Gasteiger partial charge in [-0.3, -0.25) is 14.5 Å². The third-order valence-electron chi connectivity index (χ3n) is 10.4. The van der Waals surface area contributed by atoms with E-state index in [1.54, 1.807) is 47.9 Å². The maximum Gasteiger partial charge on any atom is 0.263 e. The van der Waals surface area contributed by atoms with Gasteiger partial charge in [0.15, 0.2) is 0 Å². The van der Waals surface area contributed by atoms with Gasteiger partial charge in [0.2, 0.25) is 5.43 Å². The first kappa shape index (κ1) is 38.0. The Morgan fingerprint density at radius 1 is 0.811 bits per heavy atom. The van der Waals surface area contributed by atoms with Crippen LogP contribution in [0.4, 0.5) is 14.5 Å². The number of rotatable bonds is 12. The van der Waals surface area contributed by atoms with E-state index in [-0.39, 0.29) is 40.2 Å². The number of halogens is 3. The number of aromatic nitrogens is 1. The van der Waals surface area contributed by atoms with Crippen molar-refractivity contribution in [3.63, 3.8) is 0 Å². The Balaban J connectivity index is 0.00000481. The summed E-state index contributed by atoms with van der Waals surface area (Å²) in [4.78, 5) is 31.7. The number of pyridine rings is 1. The highest BCUT2D eigenvalue weighted by atomic mass is 79.9. The molecular formula is C41H43BrF2N4O5. The SMILES string of the molecule is CCN(C(=O)c1cn(-c2cc(OC)cc(OC)c2)c2cc(OCCc3ccc(C[N+]45CCN(CC4)CC5)cc3)ccc2c1=O)c1cc(F)cc(F)c1.[Br-]. The van der Waals surface area contributed by atoms with Crippen LogP contribution in [0.5, 0.6) is 17.2 Å². The molecule has 0 spiro atoms. The number of hydrogen-bond donors (Lipinski definition) is 0. The Hall–Kier alpha value is -4.78. The minimum Gasteiger partial charge on any atom is -1.00 e. The predicted octanol–water partition coefficient (Wildman–Crippen LogP) is 3.22. The quantitative estimate of drug-likeness (QED) is 0.181. The zero-order chi connectivity index (χ0) is 36.4. The molecule has 4 heterocycles. The Morgan fingerprint density at radius 3 is 2.04 bits per heavy atom. The van der Waals surface area contributed by atoms with Gasteiger partial charge < -0.3 is 45.1 Å². The van der Waals surface area contributed by atoms with Crippen LogP contribution in [0.15, 0.2) is 89.9 Å². The molecule has 1 aromatic heterocycles. The lowest BCUT2D eigenvalue weighted by Gasteiger charge is -2.50. The number of carbonyl (C=O) groups excluding carboxylic acids is 1. The molecule has 0 atom stereocenters. The van der Waals surface area contributed by atoms with Crippen LogP contribution in [0.3, 0.4) is 0 Å². The number of ether oxygens (including phenoxy) is 3. The molecule has 3 saturated heterocycles. The third-order valence-corrected chi connectivity index (χ3v) is 10.4. The van der Waals surface area contributed by atoms with Gasteiger partial charge in [0.25, 0.3) is 5.91 Å². The van der Waals surface area contributed by atoms with Crippen molar-refractivity contribution in [3.8, 4) is 22.9 Å². The van der Waals surface area contributed by atoms with Gasteiger partial charge in [-0.2, -0.15) is 0 Å². The molecular weight excluding hydrogens is 746 g/mol. The summed E-state index contributed by atoms with van der Waals surface area (Å²) >= 11 is 0. The summed E-state index contributed by atoms with van der Waals surface area (Å²) in [5.74, 6) is -0.802. The Kier molecular flexibility index (Phi) is 11.5. The Morgan fingerprint density at radius 2 is 1.43 bits per heavy atom. The van der Waals surface area contributed by atoms with Gasteiger partial charge in [-0.15, -0.1) is 0 Å². The number of piperazine rings is 3. The number of hydrogen-bond acceptors (Lipinski definition) is 6. The number of carbonyl (C=O) groups is 1. The molecule has 0 unspecified atom stereocenters. The van der Waals surface area contributed by atoms with Gasteiger partial charge in [-0.25, -0.2) is 8.78 Å². The lowest BCUT2D eigenvalue weighted by molar-refractivity contribution is -0.953. The van der Waals surface area contributed by atoms with Crippen LogP contribution in [-0.2, 0) is 13.0 Å². The number of benzene rings is 4. The molecule has 0 saturated carbocycles. The number of amides is 1. The van der Waals surface area contributed by atoms with Crippen molar-refractivity contribution in [1.82, 2.24) is 9.47 Å².